The van der Waals surface area contributed by atoms with Crippen LogP contribution in [0.4, 0.5) is 0 Å². The smallest absolute Gasteiger partial charge is 0.268 e. The molecule has 1 unspecified atom stereocenters. The lowest BCUT2D eigenvalue weighted by molar-refractivity contribution is 0.00200. The van der Waals surface area contributed by atoms with Crippen LogP contribution in [-0.2, 0) is 17.8 Å². The number of aromatic nitrogens is 4. The van der Waals surface area contributed by atoms with E-state index in [1.807, 2.05) is 49.4 Å². The number of thioether (sulfide) groups is 1. The van der Waals surface area contributed by atoms with Crippen LogP contribution in [0.5, 0.6) is 0 Å². The number of ether oxygens (including phenoxy) is 1. The zero-order valence-corrected chi connectivity index (χ0v) is 22.7. The van der Waals surface area contributed by atoms with Crippen molar-refractivity contribution >= 4 is 45.2 Å². The molecule has 6 rings (SSSR count). The molecule has 0 fully saturated rings. The minimum atomic E-state index is -0.0390. The van der Waals surface area contributed by atoms with Crippen LogP contribution in [0.2, 0.25) is 0 Å². The van der Waals surface area contributed by atoms with Crippen LogP contribution in [0, 0.1) is 12.8 Å². The van der Waals surface area contributed by atoms with E-state index in [0.717, 1.165) is 54.8 Å². The first-order chi connectivity index (χ1) is 18.0. The van der Waals surface area contributed by atoms with Gasteiger partial charge in [-0.25, -0.2) is 8.97 Å². The number of benzene rings is 2. The average molecular weight is 529 g/mol. The molecule has 0 aliphatic carbocycles. The number of hydrogen-bond donors (Lipinski definition) is 0. The van der Waals surface area contributed by atoms with Gasteiger partial charge in [0.15, 0.2) is 5.16 Å². The predicted molar refractivity (Wildman–Crippen MR) is 152 cm³/mol. The topological polar surface area (TPSA) is 61.4 Å². The molecule has 0 bridgehead atoms. The molecule has 6 nitrogen and oxygen atoms in total. The maximum Gasteiger partial charge on any atom is 0.268 e. The molecule has 0 N–H and O–H groups in total. The highest BCUT2D eigenvalue weighted by Crippen LogP contribution is 2.37. The van der Waals surface area contributed by atoms with Gasteiger partial charge in [-0.05, 0) is 41.7 Å². The Balaban J connectivity index is 1.51. The second kappa shape index (κ2) is 9.93. The maximum atomic E-state index is 14.1. The Hall–Kier alpha value is -3.20. The number of aryl methyl sites for hydroxylation is 1. The van der Waals surface area contributed by atoms with Crippen molar-refractivity contribution in [1.29, 1.82) is 0 Å². The van der Waals surface area contributed by atoms with Gasteiger partial charge >= 0.3 is 0 Å². The summed E-state index contributed by atoms with van der Waals surface area (Å²) in [6.45, 7) is 6.91. The third-order valence-corrected chi connectivity index (χ3v) is 8.84. The Bertz CT molecular complexity index is 1680. The fourth-order valence-corrected chi connectivity index (χ4v) is 6.87. The number of nitrogens with zero attached hydrogens (tertiary/aromatic N) is 4. The van der Waals surface area contributed by atoms with Gasteiger partial charge in [0.2, 0.25) is 5.78 Å². The summed E-state index contributed by atoms with van der Waals surface area (Å²) in [5, 5.41) is 10.6. The molecule has 188 valence electrons. The number of hydrogen-bond acceptors (Lipinski definition) is 6. The Morgan fingerprint density at radius 2 is 2.00 bits per heavy atom. The zero-order chi connectivity index (χ0) is 25.5. The maximum absolute atomic E-state index is 14.1. The van der Waals surface area contributed by atoms with E-state index in [9.17, 15) is 4.79 Å². The van der Waals surface area contributed by atoms with Gasteiger partial charge in [-0.2, -0.15) is 0 Å². The standard InChI is InChI=1S/C29H28N4O2S2/c1-18(2)23-16-22-24(17-35-23)37-27-25(22)26(34)32(21-13-7-9-19(3)15-21)28-30-31-29(33(27)28)36-14-8-12-20-10-5-4-6-11-20/h4-13,15,18,23H,14,16-17H2,1-3H3/b12-8+. The van der Waals surface area contributed by atoms with Gasteiger partial charge in [-0.15, -0.1) is 21.5 Å². The summed E-state index contributed by atoms with van der Waals surface area (Å²) >= 11 is 3.25. The van der Waals surface area contributed by atoms with Crippen LogP contribution in [0.1, 0.15) is 35.4 Å². The van der Waals surface area contributed by atoms with Gasteiger partial charge in [0, 0.05) is 17.1 Å². The number of fused-ring (bicyclic) bond motifs is 5. The molecule has 0 saturated carbocycles. The van der Waals surface area contributed by atoms with Crippen molar-refractivity contribution in [2.45, 2.75) is 45.1 Å². The van der Waals surface area contributed by atoms with Crippen molar-refractivity contribution in [1.82, 2.24) is 19.2 Å². The quantitative estimate of drug-likeness (QED) is 0.242. The van der Waals surface area contributed by atoms with E-state index in [-0.39, 0.29) is 11.7 Å². The molecule has 1 atom stereocenters. The summed E-state index contributed by atoms with van der Waals surface area (Å²) in [5.74, 6) is 1.66. The molecule has 3 aromatic heterocycles. The third kappa shape index (κ3) is 4.43. The molecular formula is C29H28N4O2S2. The van der Waals surface area contributed by atoms with Gasteiger partial charge in [-0.1, -0.05) is 80.2 Å². The van der Waals surface area contributed by atoms with Gasteiger partial charge in [-0.3, -0.25) is 4.79 Å². The number of thiophene rings is 1. The van der Waals surface area contributed by atoms with E-state index in [1.54, 1.807) is 27.7 Å². The van der Waals surface area contributed by atoms with Crippen molar-refractivity contribution in [3.8, 4) is 5.69 Å². The van der Waals surface area contributed by atoms with E-state index >= 15 is 0 Å². The van der Waals surface area contributed by atoms with E-state index in [2.05, 4.69) is 52.7 Å². The van der Waals surface area contributed by atoms with Crippen molar-refractivity contribution in [2.75, 3.05) is 5.75 Å². The molecular weight excluding hydrogens is 500 g/mol. The Morgan fingerprint density at radius 3 is 2.78 bits per heavy atom. The molecule has 5 aromatic rings. The molecule has 0 saturated heterocycles. The van der Waals surface area contributed by atoms with E-state index in [1.165, 1.54) is 0 Å². The van der Waals surface area contributed by atoms with E-state index in [4.69, 9.17) is 4.74 Å². The van der Waals surface area contributed by atoms with Crippen LogP contribution >= 0.6 is 23.1 Å². The first-order valence-electron chi connectivity index (χ1n) is 12.5. The highest BCUT2D eigenvalue weighted by atomic mass is 32.2. The van der Waals surface area contributed by atoms with Crippen molar-refractivity contribution < 1.29 is 4.74 Å². The molecule has 0 radical (unpaired) electrons. The van der Waals surface area contributed by atoms with E-state index in [0.29, 0.717) is 18.3 Å². The zero-order valence-electron chi connectivity index (χ0n) is 21.0. The fourth-order valence-electron chi connectivity index (χ4n) is 4.83. The Labute approximate surface area is 223 Å². The second-order valence-electron chi connectivity index (χ2n) is 9.70. The van der Waals surface area contributed by atoms with E-state index < -0.39 is 0 Å². The lowest BCUT2D eigenvalue weighted by Gasteiger charge is -2.26. The number of rotatable bonds is 6. The lowest BCUT2D eigenvalue weighted by Crippen LogP contribution is -2.28. The fraction of sp³-hybridized carbons (Fsp3) is 0.276. The third-order valence-electron chi connectivity index (χ3n) is 6.76. The minimum Gasteiger partial charge on any atom is -0.372 e. The largest absolute Gasteiger partial charge is 0.372 e. The summed E-state index contributed by atoms with van der Waals surface area (Å²) in [6, 6.07) is 18.2. The summed E-state index contributed by atoms with van der Waals surface area (Å²) in [7, 11) is 0. The van der Waals surface area contributed by atoms with Crippen LogP contribution in [0.25, 0.3) is 27.8 Å². The summed E-state index contributed by atoms with van der Waals surface area (Å²) < 4.78 is 9.94. The summed E-state index contributed by atoms with van der Waals surface area (Å²) in [6.07, 6.45) is 5.09. The molecule has 4 heterocycles. The first-order valence-corrected chi connectivity index (χ1v) is 14.3. The van der Waals surface area contributed by atoms with Gasteiger partial charge < -0.3 is 4.74 Å². The van der Waals surface area contributed by atoms with Crippen molar-refractivity contribution in [2.24, 2.45) is 5.92 Å². The molecule has 8 heteroatoms. The minimum absolute atomic E-state index is 0.0390. The summed E-state index contributed by atoms with van der Waals surface area (Å²) in [5.41, 5.74) is 4.13. The monoisotopic (exact) mass is 528 g/mol. The van der Waals surface area contributed by atoms with Crippen molar-refractivity contribution in [3.63, 3.8) is 0 Å². The molecule has 37 heavy (non-hydrogen) atoms. The first kappa shape index (κ1) is 24.2. The SMILES string of the molecule is Cc1cccc(-n2c(=O)c3c4c(sc3n3c(SC/C=C/c5ccccc5)nnc23)COC(C(C)C)C4)c1. The second-order valence-corrected chi connectivity index (χ2v) is 11.8. The Morgan fingerprint density at radius 1 is 1.16 bits per heavy atom. The van der Waals surface area contributed by atoms with Gasteiger partial charge in [0.1, 0.15) is 4.83 Å². The summed E-state index contributed by atoms with van der Waals surface area (Å²) in [4.78, 5) is 16.1. The van der Waals surface area contributed by atoms with Crippen molar-refractivity contribution in [3.05, 3.63) is 92.6 Å². The molecule has 1 aliphatic heterocycles. The molecule has 1 aliphatic rings. The lowest BCUT2D eigenvalue weighted by atomic mass is 9.96. The molecule has 2 aromatic carbocycles. The van der Waals surface area contributed by atoms with Gasteiger partial charge in [0.05, 0.1) is 23.8 Å². The molecule has 0 amide bonds. The van der Waals surface area contributed by atoms with Crippen LogP contribution in [-0.4, -0.2) is 31.0 Å². The van der Waals surface area contributed by atoms with Crippen LogP contribution in [0.15, 0.2) is 70.6 Å². The highest BCUT2D eigenvalue weighted by molar-refractivity contribution is 7.99. The normalized spacial score (nSPS) is 15.8. The van der Waals surface area contributed by atoms with Crippen LogP contribution in [0.3, 0.4) is 0 Å². The Kier molecular flexibility index (Phi) is 6.48. The molecule has 0 spiro atoms. The predicted octanol–water partition coefficient (Wildman–Crippen LogP) is 6.31. The van der Waals surface area contributed by atoms with Gasteiger partial charge in [0.25, 0.3) is 5.56 Å². The average Bonchev–Trinajstić information content (AvgIpc) is 3.48. The van der Waals surface area contributed by atoms with Crippen LogP contribution < -0.4 is 5.56 Å². The highest BCUT2D eigenvalue weighted by Gasteiger charge is 2.30.